The summed E-state index contributed by atoms with van der Waals surface area (Å²) in [5.41, 5.74) is 4.12. The van der Waals surface area contributed by atoms with Crippen molar-refractivity contribution in [3.63, 3.8) is 0 Å². The zero-order valence-electron chi connectivity index (χ0n) is 10.2. The molecular formula is C13H17BrN2O. The van der Waals surface area contributed by atoms with Gasteiger partial charge in [0.25, 0.3) is 5.91 Å². The van der Waals surface area contributed by atoms with Crippen LogP contribution in [0, 0.1) is 0 Å². The molecule has 1 aromatic carbocycles. The monoisotopic (exact) mass is 296 g/mol. The first kappa shape index (κ1) is 13.9. The van der Waals surface area contributed by atoms with Crippen LogP contribution in [0.15, 0.2) is 33.8 Å². The Kier molecular flexibility index (Phi) is 5.91. The highest BCUT2D eigenvalue weighted by Crippen LogP contribution is 2.11. The Balaban J connectivity index is 2.55. The molecule has 0 spiro atoms. The third kappa shape index (κ3) is 5.13. The number of benzene rings is 1. The van der Waals surface area contributed by atoms with E-state index in [4.69, 9.17) is 0 Å². The number of unbranched alkanes of at least 4 members (excludes halogenated alkanes) is 1. The predicted octanol–water partition coefficient (Wildman–Crippen LogP) is 3.75. The van der Waals surface area contributed by atoms with E-state index in [1.54, 1.807) is 12.1 Å². The first-order chi connectivity index (χ1) is 8.13. The lowest BCUT2D eigenvalue weighted by molar-refractivity contribution is 0.0954. The predicted molar refractivity (Wildman–Crippen MR) is 74.2 cm³/mol. The number of nitrogens with one attached hydrogen (secondary N) is 1. The van der Waals surface area contributed by atoms with Crippen molar-refractivity contribution in [3.05, 3.63) is 34.3 Å². The van der Waals surface area contributed by atoms with E-state index in [1.807, 2.05) is 19.1 Å². The number of carbonyl (C=O) groups excluding carboxylic acids is 1. The SMILES string of the molecule is CCCC/C(C)=N/NC(=O)c1cccc(Br)c1. The number of nitrogens with zero attached hydrogens (tertiary/aromatic N) is 1. The van der Waals surface area contributed by atoms with Crippen LogP contribution < -0.4 is 5.43 Å². The van der Waals surface area contributed by atoms with Gasteiger partial charge in [-0.2, -0.15) is 5.10 Å². The van der Waals surface area contributed by atoms with Crippen LogP contribution in [-0.2, 0) is 0 Å². The summed E-state index contributed by atoms with van der Waals surface area (Å²) in [5, 5.41) is 4.07. The molecule has 0 aliphatic rings. The number of hydrogen-bond acceptors (Lipinski definition) is 2. The fourth-order valence-electron chi connectivity index (χ4n) is 1.33. The largest absolute Gasteiger partial charge is 0.271 e. The van der Waals surface area contributed by atoms with Crippen LogP contribution in [0.25, 0.3) is 0 Å². The third-order valence-electron chi connectivity index (χ3n) is 2.33. The van der Waals surface area contributed by atoms with E-state index in [9.17, 15) is 4.79 Å². The molecule has 92 valence electrons. The van der Waals surface area contributed by atoms with Crippen molar-refractivity contribution in [2.24, 2.45) is 5.10 Å². The molecule has 0 aromatic heterocycles. The summed E-state index contributed by atoms with van der Waals surface area (Å²) in [7, 11) is 0. The van der Waals surface area contributed by atoms with Gasteiger partial charge in [0.2, 0.25) is 0 Å². The summed E-state index contributed by atoms with van der Waals surface area (Å²) in [6.07, 6.45) is 3.16. The molecule has 0 fully saturated rings. The maximum atomic E-state index is 11.7. The summed E-state index contributed by atoms with van der Waals surface area (Å²) in [6.45, 7) is 4.06. The zero-order chi connectivity index (χ0) is 12.7. The molecule has 0 unspecified atom stereocenters. The highest BCUT2D eigenvalue weighted by atomic mass is 79.9. The molecule has 0 saturated heterocycles. The topological polar surface area (TPSA) is 41.5 Å². The van der Waals surface area contributed by atoms with Gasteiger partial charge in [-0.25, -0.2) is 5.43 Å². The lowest BCUT2D eigenvalue weighted by Crippen LogP contribution is -2.18. The number of hydrazone groups is 1. The average molecular weight is 297 g/mol. The Bertz CT molecular complexity index is 416. The molecule has 1 rings (SSSR count). The Hall–Kier alpha value is -1.16. The molecule has 0 bridgehead atoms. The standard InChI is InChI=1S/C13H17BrN2O/c1-3-4-6-10(2)15-16-13(17)11-7-5-8-12(14)9-11/h5,7-9H,3-4,6H2,1-2H3,(H,16,17)/b15-10+. The van der Waals surface area contributed by atoms with Crippen molar-refractivity contribution in [1.29, 1.82) is 0 Å². The fourth-order valence-corrected chi connectivity index (χ4v) is 1.73. The third-order valence-corrected chi connectivity index (χ3v) is 2.82. The van der Waals surface area contributed by atoms with Crippen molar-refractivity contribution >= 4 is 27.5 Å². The molecule has 3 nitrogen and oxygen atoms in total. The van der Waals surface area contributed by atoms with E-state index in [-0.39, 0.29) is 5.91 Å². The maximum Gasteiger partial charge on any atom is 0.271 e. The van der Waals surface area contributed by atoms with Crippen LogP contribution >= 0.6 is 15.9 Å². The van der Waals surface area contributed by atoms with Crippen molar-refractivity contribution in [3.8, 4) is 0 Å². The minimum Gasteiger partial charge on any atom is -0.267 e. The number of hydrogen-bond donors (Lipinski definition) is 1. The van der Waals surface area contributed by atoms with Gasteiger partial charge in [-0.05, 0) is 38.0 Å². The molecule has 4 heteroatoms. The summed E-state index contributed by atoms with van der Waals surface area (Å²) < 4.78 is 0.886. The van der Waals surface area contributed by atoms with Gasteiger partial charge in [-0.3, -0.25) is 4.79 Å². The van der Waals surface area contributed by atoms with E-state index < -0.39 is 0 Å². The van der Waals surface area contributed by atoms with Gasteiger partial charge < -0.3 is 0 Å². The fraction of sp³-hybridized carbons (Fsp3) is 0.385. The van der Waals surface area contributed by atoms with Gasteiger partial charge in [0.05, 0.1) is 0 Å². The lowest BCUT2D eigenvalue weighted by atomic mass is 10.2. The molecule has 0 heterocycles. The van der Waals surface area contributed by atoms with E-state index in [2.05, 4.69) is 33.4 Å². The summed E-state index contributed by atoms with van der Waals surface area (Å²) in [5.74, 6) is -0.179. The average Bonchev–Trinajstić information content (AvgIpc) is 2.33. The smallest absolute Gasteiger partial charge is 0.267 e. The number of amides is 1. The zero-order valence-corrected chi connectivity index (χ0v) is 11.8. The molecule has 0 aliphatic heterocycles. The number of halogens is 1. The van der Waals surface area contributed by atoms with Crippen LogP contribution in [-0.4, -0.2) is 11.6 Å². The highest BCUT2D eigenvalue weighted by molar-refractivity contribution is 9.10. The van der Waals surface area contributed by atoms with Gasteiger partial charge in [0.1, 0.15) is 0 Å². The Morgan fingerprint density at radius 2 is 2.24 bits per heavy atom. The molecule has 17 heavy (non-hydrogen) atoms. The number of rotatable bonds is 5. The first-order valence-electron chi connectivity index (χ1n) is 5.72. The molecule has 0 saturated carbocycles. The van der Waals surface area contributed by atoms with Crippen LogP contribution in [0.4, 0.5) is 0 Å². The van der Waals surface area contributed by atoms with E-state index in [1.165, 1.54) is 0 Å². The second-order valence-corrected chi connectivity index (χ2v) is 4.82. The van der Waals surface area contributed by atoms with Gasteiger partial charge in [0.15, 0.2) is 0 Å². The molecule has 0 radical (unpaired) electrons. The van der Waals surface area contributed by atoms with E-state index in [0.29, 0.717) is 5.56 Å². The molecule has 0 atom stereocenters. The second kappa shape index (κ2) is 7.22. The van der Waals surface area contributed by atoms with Crippen molar-refractivity contribution in [1.82, 2.24) is 5.43 Å². The summed E-state index contributed by atoms with van der Waals surface area (Å²) in [6, 6.07) is 7.24. The van der Waals surface area contributed by atoms with Crippen LogP contribution in [0.3, 0.4) is 0 Å². The molecule has 0 aliphatic carbocycles. The van der Waals surface area contributed by atoms with Crippen LogP contribution in [0.2, 0.25) is 0 Å². The molecule has 1 amide bonds. The number of carbonyl (C=O) groups is 1. The summed E-state index contributed by atoms with van der Waals surface area (Å²) in [4.78, 5) is 11.7. The molecular weight excluding hydrogens is 280 g/mol. The Morgan fingerprint density at radius 1 is 1.47 bits per heavy atom. The quantitative estimate of drug-likeness (QED) is 0.652. The van der Waals surface area contributed by atoms with Crippen molar-refractivity contribution in [2.45, 2.75) is 33.1 Å². The van der Waals surface area contributed by atoms with Crippen molar-refractivity contribution < 1.29 is 4.79 Å². The van der Waals surface area contributed by atoms with Crippen LogP contribution in [0.1, 0.15) is 43.5 Å². The molecule has 1 N–H and O–H groups in total. The van der Waals surface area contributed by atoms with Crippen molar-refractivity contribution in [2.75, 3.05) is 0 Å². The Labute approximate surface area is 110 Å². The van der Waals surface area contributed by atoms with Gasteiger partial charge in [-0.15, -0.1) is 0 Å². The Morgan fingerprint density at radius 3 is 2.88 bits per heavy atom. The maximum absolute atomic E-state index is 11.7. The van der Waals surface area contributed by atoms with Gasteiger partial charge in [-0.1, -0.05) is 35.3 Å². The van der Waals surface area contributed by atoms with Gasteiger partial charge >= 0.3 is 0 Å². The van der Waals surface area contributed by atoms with Crippen LogP contribution in [0.5, 0.6) is 0 Å². The highest BCUT2D eigenvalue weighted by Gasteiger charge is 2.04. The second-order valence-electron chi connectivity index (χ2n) is 3.90. The minimum absolute atomic E-state index is 0.179. The minimum atomic E-state index is -0.179. The summed E-state index contributed by atoms with van der Waals surface area (Å²) >= 11 is 3.33. The van der Waals surface area contributed by atoms with E-state index in [0.717, 1.165) is 29.4 Å². The molecule has 1 aromatic rings. The van der Waals surface area contributed by atoms with E-state index >= 15 is 0 Å². The lowest BCUT2D eigenvalue weighted by Gasteiger charge is -2.02. The normalized spacial score (nSPS) is 11.4. The van der Waals surface area contributed by atoms with Gasteiger partial charge in [0, 0.05) is 15.7 Å². The first-order valence-corrected chi connectivity index (χ1v) is 6.52.